The van der Waals surface area contributed by atoms with Gasteiger partial charge in [-0.15, -0.1) is 11.3 Å². The molecule has 0 spiro atoms. The van der Waals surface area contributed by atoms with E-state index in [2.05, 4.69) is 15.5 Å². The summed E-state index contributed by atoms with van der Waals surface area (Å²) < 4.78 is 5.19. The molecule has 0 amide bonds. The molecule has 0 aliphatic carbocycles. The van der Waals surface area contributed by atoms with Crippen LogP contribution in [-0.2, 0) is 0 Å². The van der Waals surface area contributed by atoms with Crippen molar-refractivity contribution in [3.05, 3.63) is 40.9 Å². The number of nitrogens with zero attached hydrogens (tertiary/aromatic N) is 2. The minimum atomic E-state index is 0.801. The van der Waals surface area contributed by atoms with Gasteiger partial charge in [0.15, 0.2) is 0 Å². The highest BCUT2D eigenvalue weighted by atomic mass is 32.1. The molecule has 0 unspecified atom stereocenters. The lowest BCUT2D eigenvalue weighted by molar-refractivity contribution is 0.414. The molecule has 2 rings (SSSR count). The molecule has 1 N–H and O–H groups in total. The van der Waals surface area contributed by atoms with Gasteiger partial charge in [0.25, 0.3) is 0 Å². The van der Waals surface area contributed by atoms with Gasteiger partial charge < -0.3 is 4.74 Å². The van der Waals surface area contributed by atoms with Crippen molar-refractivity contribution < 1.29 is 4.74 Å². The van der Waals surface area contributed by atoms with Crippen LogP contribution in [0.3, 0.4) is 0 Å². The number of hydrogen-bond acceptors (Lipinski definition) is 5. The quantitative estimate of drug-likeness (QED) is 0.678. The third-order valence-electron chi connectivity index (χ3n) is 2.43. The maximum atomic E-state index is 5.19. The molecule has 0 fully saturated rings. The monoisotopic (exact) mass is 261 g/mol. The van der Waals surface area contributed by atoms with Crippen LogP contribution in [-0.4, -0.2) is 17.8 Å². The number of thiazole rings is 1. The Morgan fingerprint density at radius 1 is 1.44 bits per heavy atom. The first-order chi connectivity index (χ1) is 8.69. The topological polar surface area (TPSA) is 46.5 Å². The Morgan fingerprint density at radius 3 is 2.94 bits per heavy atom. The van der Waals surface area contributed by atoms with Gasteiger partial charge >= 0.3 is 0 Å². The lowest BCUT2D eigenvalue weighted by atomic mass is 10.1. The van der Waals surface area contributed by atoms with Gasteiger partial charge in [0.1, 0.15) is 5.75 Å². The van der Waals surface area contributed by atoms with E-state index in [4.69, 9.17) is 4.74 Å². The average molecular weight is 261 g/mol. The Morgan fingerprint density at radius 2 is 2.28 bits per heavy atom. The van der Waals surface area contributed by atoms with E-state index in [9.17, 15) is 0 Å². The summed E-state index contributed by atoms with van der Waals surface area (Å²) >= 11 is 1.54. The Balaban J connectivity index is 2.12. The van der Waals surface area contributed by atoms with Crippen molar-refractivity contribution in [3.63, 3.8) is 0 Å². The predicted octanol–water partition coefficient (Wildman–Crippen LogP) is 3.30. The van der Waals surface area contributed by atoms with E-state index in [1.807, 2.05) is 43.5 Å². The van der Waals surface area contributed by atoms with Crippen molar-refractivity contribution in [2.75, 3.05) is 12.5 Å². The molecule has 1 aromatic carbocycles. The SMILES string of the molecule is COc1cccc(/C(C)=N/Nc2nc(C)cs2)c1. The molecule has 94 valence electrons. The van der Waals surface area contributed by atoms with Crippen LogP contribution in [0.25, 0.3) is 0 Å². The molecular weight excluding hydrogens is 246 g/mol. The van der Waals surface area contributed by atoms with Crippen molar-refractivity contribution >= 4 is 22.2 Å². The third-order valence-corrected chi connectivity index (χ3v) is 3.29. The van der Waals surface area contributed by atoms with Crippen molar-refractivity contribution in [2.24, 2.45) is 5.10 Å². The van der Waals surface area contributed by atoms with Crippen LogP contribution in [0.4, 0.5) is 5.13 Å². The second-order valence-corrected chi connectivity index (χ2v) is 4.69. The van der Waals surface area contributed by atoms with Crippen LogP contribution in [0.15, 0.2) is 34.7 Å². The lowest BCUT2D eigenvalue weighted by Gasteiger charge is -2.04. The highest BCUT2D eigenvalue weighted by Gasteiger charge is 2.00. The zero-order valence-electron chi connectivity index (χ0n) is 10.6. The fourth-order valence-corrected chi connectivity index (χ4v) is 2.08. The van der Waals surface area contributed by atoms with Crippen molar-refractivity contribution in [1.29, 1.82) is 0 Å². The van der Waals surface area contributed by atoms with E-state index in [1.54, 1.807) is 18.4 Å². The van der Waals surface area contributed by atoms with Crippen LogP contribution >= 0.6 is 11.3 Å². The molecule has 0 atom stereocenters. The first kappa shape index (κ1) is 12.6. The summed E-state index contributed by atoms with van der Waals surface area (Å²) in [5.41, 5.74) is 5.87. The molecule has 0 aliphatic rings. The molecule has 1 heterocycles. The van der Waals surface area contributed by atoms with Crippen LogP contribution in [0.1, 0.15) is 18.2 Å². The molecule has 2 aromatic rings. The Bertz CT molecular complexity index is 563. The molecule has 5 heteroatoms. The van der Waals surface area contributed by atoms with Gasteiger partial charge in [-0.1, -0.05) is 12.1 Å². The zero-order valence-corrected chi connectivity index (χ0v) is 11.4. The van der Waals surface area contributed by atoms with Crippen molar-refractivity contribution in [3.8, 4) is 5.75 Å². The van der Waals surface area contributed by atoms with Gasteiger partial charge in [-0.3, -0.25) is 5.43 Å². The number of rotatable bonds is 4. The Labute approximate surface area is 110 Å². The summed E-state index contributed by atoms with van der Waals surface area (Å²) in [6.07, 6.45) is 0. The molecule has 0 bridgehead atoms. The maximum absolute atomic E-state index is 5.19. The lowest BCUT2D eigenvalue weighted by Crippen LogP contribution is -2.00. The summed E-state index contributed by atoms with van der Waals surface area (Å²) in [7, 11) is 1.65. The van der Waals surface area contributed by atoms with Crippen molar-refractivity contribution in [1.82, 2.24) is 4.98 Å². The number of methoxy groups -OCH3 is 1. The number of nitrogens with one attached hydrogen (secondary N) is 1. The normalized spacial score (nSPS) is 11.4. The third kappa shape index (κ3) is 3.07. The molecule has 0 aliphatic heterocycles. The summed E-state index contributed by atoms with van der Waals surface area (Å²) in [5.74, 6) is 0.826. The highest BCUT2D eigenvalue weighted by molar-refractivity contribution is 7.13. The minimum Gasteiger partial charge on any atom is -0.497 e. The number of aromatic nitrogens is 1. The molecule has 0 saturated carbocycles. The Hall–Kier alpha value is -1.88. The molecule has 0 saturated heterocycles. The van der Waals surface area contributed by atoms with Gasteiger partial charge in [0.2, 0.25) is 5.13 Å². The van der Waals surface area contributed by atoms with E-state index < -0.39 is 0 Å². The second-order valence-electron chi connectivity index (χ2n) is 3.84. The second kappa shape index (κ2) is 5.64. The Kier molecular flexibility index (Phi) is 3.94. The minimum absolute atomic E-state index is 0.801. The standard InChI is InChI=1S/C13H15N3OS/c1-9-8-18-13(14-9)16-15-10(2)11-5-4-6-12(7-11)17-3/h4-8H,1-3H3,(H,14,16)/b15-10+. The number of ether oxygens (including phenoxy) is 1. The van der Waals surface area contributed by atoms with Crippen LogP contribution in [0.5, 0.6) is 5.75 Å². The number of benzene rings is 1. The molecule has 18 heavy (non-hydrogen) atoms. The van der Waals surface area contributed by atoms with E-state index >= 15 is 0 Å². The zero-order chi connectivity index (χ0) is 13.0. The van der Waals surface area contributed by atoms with E-state index in [0.29, 0.717) is 0 Å². The fraction of sp³-hybridized carbons (Fsp3) is 0.231. The first-order valence-corrected chi connectivity index (χ1v) is 6.44. The summed E-state index contributed by atoms with van der Waals surface area (Å²) in [5, 5.41) is 7.10. The summed E-state index contributed by atoms with van der Waals surface area (Å²) in [6.45, 7) is 3.91. The largest absolute Gasteiger partial charge is 0.497 e. The summed E-state index contributed by atoms with van der Waals surface area (Å²) in [4.78, 5) is 4.29. The van der Waals surface area contributed by atoms with Gasteiger partial charge in [0, 0.05) is 10.9 Å². The number of hydrazone groups is 1. The average Bonchev–Trinajstić information content (AvgIpc) is 2.82. The predicted molar refractivity (Wildman–Crippen MR) is 75.7 cm³/mol. The van der Waals surface area contributed by atoms with Crippen LogP contribution < -0.4 is 10.2 Å². The maximum Gasteiger partial charge on any atom is 0.203 e. The van der Waals surface area contributed by atoms with Gasteiger partial charge in [0.05, 0.1) is 18.5 Å². The molecular formula is C13H15N3OS. The highest BCUT2D eigenvalue weighted by Crippen LogP contribution is 2.16. The molecule has 1 aromatic heterocycles. The van der Waals surface area contributed by atoms with Crippen molar-refractivity contribution in [2.45, 2.75) is 13.8 Å². The van der Waals surface area contributed by atoms with Crippen LogP contribution in [0.2, 0.25) is 0 Å². The molecule has 0 radical (unpaired) electrons. The van der Waals surface area contributed by atoms with Gasteiger partial charge in [-0.25, -0.2) is 4.98 Å². The number of anilines is 1. The fourth-order valence-electron chi connectivity index (χ4n) is 1.45. The van der Waals surface area contributed by atoms with Gasteiger partial charge in [-0.05, 0) is 26.0 Å². The van der Waals surface area contributed by atoms with E-state index in [-0.39, 0.29) is 0 Å². The smallest absolute Gasteiger partial charge is 0.203 e. The number of aryl methyl sites for hydroxylation is 1. The number of hydrogen-bond donors (Lipinski definition) is 1. The van der Waals surface area contributed by atoms with E-state index in [1.165, 1.54) is 0 Å². The molecule has 4 nitrogen and oxygen atoms in total. The first-order valence-electron chi connectivity index (χ1n) is 5.56. The summed E-state index contributed by atoms with van der Waals surface area (Å²) in [6, 6.07) is 7.80. The van der Waals surface area contributed by atoms with Gasteiger partial charge in [-0.2, -0.15) is 5.10 Å². The van der Waals surface area contributed by atoms with E-state index in [0.717, 1.165) is 27.9 Å². The van der Waals surface area contributed by atoms with Crippen LogP contribution in [0, 0.1) is 6.92 Å².